The Labute approximate surface area is 134 Å². The third-order valence-corrected chi connectivity index (χ3v) is 5.55. The van der Waals surface area contributed by atoms with Gasteiger partial charge in [0.1, 0.15) is 5.82 Å². The van der Waals surface area contributed by atoms with Gasteiger partial charge < -0.3 is 0 Å². The Morgan fingerprint density at radius 3 is 2.65 bits per heavy atom. The van der Waals surface area contributed by atoms with Crippen LogP contribution >= 0.6 is 0 Å². The van der Waals surface area contributed by atoms with Gasteiger partial charge in [0.05, 0.1) is 12.2 Å². The highest BCUT2D eigenvalue weighted by atomic mass is 32.2. The van der Waals surface area contributed by atoms with Crippen LogP contribution in [0.4, 0.5) is 5.82 Å². The molecule has 0 radical (unpaired) electrons. The Hall–Kier alpha value is -2.41. The van der Waals surface area contributed by atoms with Crippen LogP contribution in [0, 0.1) is 0 Å². The zero-order valence-corrected chi connectivity index (χ0v) is 13.2. The largest absolute Gasteiger partial charge is 0.280 e. The summed E-state index contributed by atoms with van der Waals surface area (Å²) in [5.41, 5.74) is 0. The molecule has 0 aliphatic heterocycles. The van der Waals surface area contributed by atoms with Gasteiger partial charge in [0.15, 0.2) is 5.03 Å². The minimum atomic E-state index is -3.70. The smallest absolute Gasteiger partial charge is 0.262 e. The molecule has 118 valence electrons. The second-order valence-electron chi connectivity index (χ2n) is 5.72. The van der Waals surface area contributed by atoms with Crippen molar-refractivity contribution in [3.8, 4) is 0 Å². The Balaban J connectivity index is 1.67. The molecule has 1 N–H and O–H groups in total. The van der Waals surface area contributed by atoms with Crippen molar-refractivity contribution in [2.75, 3.05) is 4.72 Å². The van der Waals surface area contributed by atoms with E-state index in [-0.39, 0.29) is 11.1 Å². The first-order chi connectivity index (χ1) is 11.1. The summed E-state index contributed by atoms with van der Waals surface area (Å²) in [6.07, 6.45) is 6.25. The van der Waals surface area contributed by atoms with E-state index >= 15 is 0 Å². The van der Waals surface area contributed by atoms with E-state index < -0.39 is 10.0 Å². The van der Waals surface area contributed by atoms with E-state index in [1.54, 1.807) is 16.9 Å². The first-order valence-corrected chi connectivity index (χ1v) is 9.03. The fourth-order valence-electron chi connectivity index (χ4n) is 2.75. The molecule has 6 nitrogen and oxygen atoms in total. The van der Waals surface area contributed by atoms with Crippen molar-refractivity contribution < 1.29 is 8.42 Å². The average Bonchev–Trinajstić information content (AvgIpc) is 2.95. The van der Waals surface area contributed by atoms with Gasteiger partial charge in [-0.1, -0.05) is 24.3 Å². The van der Waals surface area contributed by atoms with Crippen molar-refractivity contribution in [3.63, 3.8) is 0 Å². The lowest BCUT2D eigenvalue weighted by Gasteiger charge is -2.27. The highest BCUT2D eigenvalue weighted by Crippen LogP contribution is 2.33. The van der Waals surface area contributed by atoms with Crippen molar-refractivity contribution in [3.05, 3.63) is 48.8 Å². The van der Waals surface area contributed by atoms with Gasteiger partial charge in [-0.3, -0.25) is 4.72 Å². The van der Waals surface area contributed by atoms with Gasteiger partial charge in [-0.2, -0.15) is 13.5 Å². The van der Waals surface area contributed by atoms with Crippen LogP contribution in [0.3, 0.4) is 0 Å². The summed E-state index contributed by atoms with van der Waals surface area (Å²) in [6.45, 7) is 0. The number of aromatic nitrogens is 3. The molecule has 0 bridgehead atoms. The van der Waals surface area contributed by atoms with E-state index in [0.717, 1.165) is 30.0 Å². The van der Waals surface area contributed by atoms with Crippen LogP contribution in [0.1, 0.15) is 25.3 Å². The average molecular weight is 328 g/mol. The van der Waals surface area contributed by atoms with Gasteiger partial charge in [-0.25, -0.2) is 9.67 Å². The highest BCUT2D eigenvalue weighted by molar-refractivity contribution is 7.92. The molecule has 7 heteroatoms. The quantitative estimate of drug-likeness (QED) is 0.799. The molecule has 1 aliphatic rings. The van der Waals surface area contributed by atoms with Crippen molar-refractivity contribution >= 4 is 26.6 Å². The zero-order valence-electron chi connectivity index (χ0n) is 12.4. The molecule has 0 amide bonds. The molecule has 2 aromatic heterocycles. The number of nitrogens with one attached hydrogen (secondary N) is 1. The van der Waals surface area contributed by atoms with E-state index in [4.69, 9.17) is 0 Å². The Morgan fingerprint density at radius 2 is 1.91 bits per heavy atom. The van der Waals surface area contributed by atoms with Crippen LogP contribution in [0.15, 0.2) is 53.8 Å². The molecule has 1 fully saturated rings. The van der Waals surface area contributed by atoms with E-state index in [9.17, 15) is 8.42 Å². The van der Waals surface area contributed by atoms with Crippen molar-refractivity contribution in [1.82, 2.24) is 14.8 Å². The van der Waals surface area contributed by atoms with Crippen molar-refractivity contribution in [1.29, 1.82) is 0 Å². The molecule has 4 rings (SSSR count). The maximum Gasteiger partial charge on any atom is 0.280 e. The van der Waals surface area contributed by atoms with Gasteiger partial charge in [0, 0.05) is 11.6 Å². The summed E-state index contributed by atoms with van der Waals surface area (Å²) >= 11 is 0. The Kier molecular flexibility index (Phi) is 3.30. The summed E-state index contributed by atoms with van der Waals surface area (Å²) < 4.78 is 29.5. The van der Waals surface area contributed by atoms with Gasteiger partial charge in [0.25, 0.3) is 10.0 Å². The summed E-state index contributed by atoms with van der Waals surface area (Å²) in [5, 5.41) is 6.27. The third-order valence-electron chi connectivity index (χ3n) is 4.20. The lowest BCUT2D eigenvalue weighted by Crippen LogP contribution is -2.25. The number of benzene rings is 1. The normalized spacial score (nSPS) is 15.5. The number of rotatable bonds is 4. The molecule has 23 heavy (non-hydrogen) atoms. The van der Waals surface area contributed by atoms with Gasteiger partial charge in [-0.05, 0) is 36.8 Å². The lowest BCUT2D eigenvalue weighted by atomic mass is 9.93. The molecule has 0 unspecified atom stereocenters. The first-order valence-electron chi connectivity index (χ1n) is 7.55. The van der Waals surface area contributed by atoms with Crippen LogP contribution in [-0.2, 0) is 10.0 Å². The second kappa shape index (κ2) is 5.34. The van der Waals surface area contributed by atoms with E-state index in [1.807, 2.05) is 24.3 Å². The fraction of sp³-hybridized carbons (Fsp3) is 0.250. The van der Waals surface area contributed by atoms with Gasteiger partial charge >= 0.3 is 0 Å². The number of hydrogen-bond donors (Lipinski definition) is 1. The summed E-state index contributed by atoms with van der Waals surface area (Å²) in [5.74, 6) is 0.310. The maximum atomic E-state index is 12.7. The number of anilines is 1. The molecular weight excluding hydrogens is 312 g/mol. The fourth-order valence-corrected chi connectivity index (χ4v) is 3.92. The van der Waals surface area contributed by atoms with Crippen molar-refractivity contribution in [2.45, 2.75) is 30.3 Å². The zero-order chi connectivity index (χ0) is 15.9. The number of sulfonamides is 1. The molecular formula is C16H16N4O2S. The van der Waals surface area contributed by atoms with E-state index in [2.05, 4.69) is 14.8 Å². The first kappa shape index (κ1) is 14.2. The number of nitrogens with zero attached hydrogens (tertiary/aromatic N) is 3. The van der Waals surface area contributed by atoms with Crippen LogP contribution in [0.2, 0.25) is 0 Å². The topological polar surface area (TPSA) is 76.9 Å². The second-order valence-corrected chi connectivity index (χ2v) is 7.35. The molecule has 0 spiro atoms. The van der Waals surface area contributed by atoms with E-state index in [0.29, 0.717) is 5.82 Å². The highest BCUT2D eigenvalue weighted by Gasteiger charge is 2.28. The van der Waals surface area contributed by atoms with Gasteiger partial charge in [-0.15, -0.1) is 0 Å². The van der Waals surface area contributed by atoms with Crippen LogP contribution < -0.4 is 4.72 Å². The molecule has 0 atom stereocenters. The molecule has 1 aromatic carbocycles. The molecule has 1 saturated carbocycles. The molecule has 2 heterocycles. The molecule has 0 saturated heterocycles. The number of pyridine rings is 1. The Bertz CT molecular complexity index is 961. The minimum absolute atomic E-state index is 0.182. The number of fused-ring (bicyclic) bond motifs is 1. The monoisotopic (exact) mass is 328 g/mol. The van der Waals surface area contributed by atoms with E-state index in [1.165, 1.54) is 12.3 Å². The van der Waals surface area contributed by atoms with Crippen molar-refractivity contribution in [2.24, 2.45) is 0 Å². The van der Waals surface area contributed by atoms with Gasteiger partial charge in [0.2, 0.25) is 0 Å². The maximum absolute atomic E-state index is 12.7. The predicted octanol–water partition coefficient (Wildman–Crippen LogP) is 2.96. The SMILES string of the molecule is O=S(=O)(Nc1cc2ccccc2cn1)c1ccnn1C1CCC1. The van der Waals surface area contributed by atoms with Crippen LogP contribution in [-0.4, -0.2) is 23.2 Å². The third kappa shape index (κ3) is 2.57. The minimum Gasteiger partial charge on any atom is -0.262 e. The Morgan fingerprint density at radius 1 is 1.13 bits per heavy atom. The number of hydrogen-bond acceptors (Lipinski definition) is 4. The predicted molar refractivity (Wildman–Crippen MR) is 87.7 cm³/mol. The van der Waals surface area contributed by atoms with Crippen LogP contribution in [0.25, 0.3) is 10.8 Å². The molecule has 3 aromatic rings. The summed E-state index contributed by atoms with van der Waals surface area (Å²) in [7, 11) is -3.70. The summed E-state index contributed by atoms with van der Waals surface area (Å²) in [6, 6.07) is 11.1. The molecule has 1 aliphatic carbocycles. The lowest BCUT2D eigenvalue weighted by molar-refractivity contribution is 0.271. The summed E-state index contributed by atoms with van der Waals surface area (Å²) in [4.78, 5) is 4.19. The van der Waals surface area contributed by atoms with Crippen LogP contribution in [0.5, 0.6) is 0 Å². The standard InChI is InChI=1S/C16H16N4O2S/c21-23(22,16-8-9-18-20(16)14-6-3-7-14)19-15-10-12-4-1-2-5-13(12)11-17-15/h1-2,4-5,8-11,14H,3,6-7H2,(H,17,19).